The topological polar surface area (TPSA) is 42.3 Å². The number of carbonyl (C=O) groups excluding carboxylic acids is 2. The highest BCUT2D eigenvalue weighted by molar-refractivity contribution is 8.18. The van der Waals surface area contributed by atoms with Crippen molar-refractivity contribution >= 4 is 29.0 Å². The van der Waals surface area contributed by atoms with Gasteiger partial charge in [-0.25, -0.2) is 0 Å². The van der Waals surface area contributed by atoms with E-state index >= 15 is 0 Å². The Bertz CT molecular complexity index is 893. The zero-order chi connectivity index (χ0) is 19.0. The fourth-order valence-corrected chi connectivity index (χ4v) is 4.13. The first-order valence-corrected chi connectivity index (χ1v) is 9.68. The van der Waals surface area contributed by atoms with Crippen LogP contribution in [0.2, 0.25) is 0 Å². The molecule has 0 unspecified atom stereocenters. The third-order valence-corrected chi connectivity index (χ3v) is 5.79. The molecule has 1 aliphatic heterocycles. The quantitative estimate of drug-likeness (QED) is 0.693. The molecule has 1 saturated heterocycles. The Kier molecular flexibility index (Phi) is 5.10. The standard InChI is InChI=1S/C21H24N2O2S/c1-6-14(3)23-20(24)19(26-21(23)25)12-17-11-15(4)22(16(17)5)18-9-7-13(2)8-10-18/h7-12,14H,6H2,1-5H3/b19-12-/t14-/m1/s1. The van der Waals surface area contributed by atoms with Crippen molar-refractivity contribution in [3.63, 3.8) is 0 Å². The van der Waals surface area contributed by atoms with Crippen molar-refractivity contribution in [2.75, 3.05) is 0 Å². The highest BCUT2D eigenvalue weighted by Crippen LogP contribution is 2.35. The van der Waals surface area contributed by atoms with Crippen LogP contribution in [0.5, 0.6) is 0 Å². The summed E-state index contributed by atoms with van der Waals surface area (Å²) < 4.78 is 2.17. The number of hydrogen-bond acceptors (Lipinski definition) is 3. The Hall–Kier alpha value is -2.27. The van der Waals surface area contributed by atoms with Gasteiger partial charge >= 0.3 is 0 Å². The smallest absolute Gasteiger partial charge is 0.293 e. The van der Waals surface area contributed by atoms with Crippen molar-refractivity contribution in [3.05, 3.63) is 57.8 Å². The molecule has 2 heterocycles. The molecule has 1 aliphatic rings. The number of rotatable bonds is 4. The molecule has 2 aromatic rings. The Morgan fingerprint density at radius 1 is 1.12 bits per heavy atom. The molecule has 1 aromatic heterocycles. The van der Waals surface area contributed by atoms with E-state index in [-0.39, 0.29) is 17.2 Å². The van der Waals surface area contributed by atoms with Crippen LogP contribution in [0.1, 0.15) is 42.8 Å². The summed E-state index contributed by atoms with van der Waals surface area (Å²) in [6, 6.07) is 10.4. The Morgan fingerprint density at radius 2 is 1.77 bits per heavy atom. The molecule has 0 spiro atoms. The Morgan fingerprint density at radius 3 is 2.38 bits per heavy atom. The second kappa shape index (κ2) is 7.16. The van der Waals surface area contributed by atoms with Gasteiger partial charge in [0.2, 0.25) is 0 Å². The molecule has 0 radical (unpaired) electrons. The number of aromatic nitrogens is 1. The molecule has 0 aliphatic carbocycles. The molecule has 3 rings (SSSR count). The van der Waals surface area contributed by atoms with Crippen LogP contribution < -0.4 is 0 Å². The largest absolute Gasteiger partial charge is 0.318 e. The molecule has 4 nitrogen and oxygen atoms in total. The number of nitrogens with zero attached hydrogens (tertiary/aromatic N) is 2. The van der Waals surface area contributed by atoms with Crippen molar-refractivity contribution in [1.82, 2.24) is 9.47 Å². The third kappa shape index (κ3) is 3.23. The van der Waals surface area contributed by atoms with Gasteiger partial charge in [-0.15, -0.1) is 0 Å². The van der Waals surface area contributed by atoms with Gasteiger partial charge in [-0.1, -0.05) is 24.6 Å². The van der Waals surface area contributed by atoms with Crippen molar-refractivity contribution in [3.8, 4) is 5.69 Å². The molecule has 0 bridgehead atoms. The van der Waals surface area contributed by atoms with E-state index in [1.807, 2.05) is 26.8 Å². The predicted octanol–water partition coefficient (Wildman–Crippen LogP) is 5.24. The number of benzene rings is 1. The zero-order valence-electron chi connectivity index (χ0n) is 15.9. The Labute approximate surface area is 158 Å². The second-order valence-electron chi connectivity index (χ2n) is 6.81. The monoisotopic (exact) mass is 368 g/mol. The van der Waals surface area contributed by atoms with E-state index in [1.165, 1.54) is 10.5 Å². The number of thioether (sulfide) groups is 1. The number of hydrogen-bond donors (Lipinski definition) is 0. The summed E-state index contributed by atoms with van der Waals surface area (Å²) in [5.74, 6) is -0.186. The fourth-order valence-electron chi connectivity index (χ4n) is 3.21. The lowest BCUT2D eigenvalue weighted by Crippen LogP contribution is -2.36. The maximum absolute atomic E-state index is 12.6. The Balaban J connectivity index is 1.98. The minimum atomic E-state index is -0.186. The first kappa shape index (κ1) is 18.5. The van der Waals surface area contributed by atoms with Crippen molar-refractivity contribution < 1.29 is 9.59 Å². The average Bonchev–Trinajstić information content (AvgIpc) is 3.04. The summed E-state index contributed by atoms with van der Waals surface area (Å²) in [5.41, 5.74) is 5.44. The highest BCUT2D eigenvalue weighted by atomic mass is 32.2. The first-order valence-electron chi connectivity index (χ1n) is 8.86. The van der Waals surface area contributed by atoms with Crippen LogP contribution in [0.15, 0.2) is 35.2 Å². The van der Waals surface area contributed by atoms with Gasteiger partial charge in [0, 0.05) is 23.1 Å². The third-order valence-electron chi connectivity index (χ3n) is 4.90. The van der Waals surface area contributed by atoms with Crippen molar-refractivity contribution in [2.45, 2.75) is 47.1 Å². The van der Waals surface area contributed by atoms with E-state index in [1.54, 1.807) is 0 Å². The molecular weight excluding hydrogens is 344 g/mol. The van der Waals surface area contributed by atoms with Crippen LogP contribution in [0.4, 0.5) is 4.79 Å². The van der Waals surface area contributed by atoms with E-state index in [0.29, 0.717) is 4.91 Å². The van der Waals surface area contributed by atoms with E-state index in [0.717, 1.165) is 40.8 Å². The van der Waals surface area contributed by atoms with Crippen LogP contribution in [0.3, 0.4) is 0 Å². The molecule has 5 heteroatoms. The van der Waals surface area contributed by atoms with Crippen molar-refractivity contribution in [1.29, 1.82) is 0 Å². The summed E-state index contributed by atoms with van der Waals surface area (Å²) in [7, 11) is 0. The number of aryl methyl sites for hydroxylation is 2. The van der Waals surface area contributed by atoms with Crippen LogP contribution in [0.25, 0.3) is 11.8 Å². The summed E-state index contributed by atoms with van der Waals surface area (Å²) >= 11 is 1.03. The summed E-state index contributed by atoms with van der Waals surface area (Å²) in [6.45, 7) is 10.0. The molecule has 1 atom stereocenters. The SMILES string of the molecule is CC[C@@H](C)N1C(=O)S/C(=C\c2cc(C)n(-c3ccc(C)cc3)c2C)C1=O. The maximum atomic E-state index is 12.6. The lowest BCUT2D eigenvalue weighted by atomic mass is 10.2. The molecule has 2 amide bonds. The van der Waals surface area contributed by atoms with Gasteiger partial charge in [0.25, 0.3) is 11.1 Å². The van der Waals surface area contributed by atoms with Gasteiger partial charge in [0.1, 0.15) is 0 Å². The summed E-state index contributed by atoms with van der Waals surface area (Å²) in [5, 5.41) is -0.178. The lowest BCUT2D eigenvalue weighted by molar-refractivity contribution is -0.124. The van der Waals surface area contributed by atoms with Gasteiger partial charge in [-0.2, -0.15) is 0 Å². The van der Waals surface area contributed by atoms with E-state index < -0.39 is 0 Å². The molecule has 0 saturated carbocycles. The molecule has 26 heavy (non-hydrogen) atoms. The van der Waals surface area contributed by atoms with Gasteiger partial charge in [0.05, 0.1) is 4.91 Å². The second-order valence-corrected chi connectivity index (χ2v) is 7.80. The van der Waals surface area contributed by atoms with Gasteiger partial charge in [-0.3, -0.25) is 14.5 Å². The molecule has 0 N–H and O–H groups in total. The van der Waals surface area contributed by atoms with Gasteiger partial charge in [-0.05, 0) is 75.7 Å². The molecular formula is C21H24N2O2S. The molecule has 1 aromatic carbocycles. The van der Waals surface area contributed by atoms with E-state index in [2.05, 4.69) is 48.7 Å². The number of amides is 2. The lowest BCUT2D eigenvalue weighted by Gasteiger charge is -2.19. The van der Waals surface area contributed by atoms with Gasteiger partial charge < -0.3 is 4.57 Å². The van der Waals surface area contributed by atoms with Crippen molar-refractivity contribution in [2.24, 2.45) is 0 Å². The van der Waals surface area contributed by atoms with Crippen LogP contribution in [-0.4, -0.2) is 26.7 Å². The summed E-state index contributed by atoms with van der Waals surface area (Å²) in [6.07, 6.45) is 2.60. The summed E-state index contributed by atoms with van der Waals surface area (Å²) in [4.78, 5) is 26.7. The number of carbonyl (C=O) groups is 2. The minimum absolute atomic E-state index is 0.0756. The molecule has 1 fully saturated rings. The molecule has 136 valence electrons. The highest BCUT2D eigenvalue weighted by Gasteiger charge is 2.37. The minimum Gasteiger partial charge on any atom is -0.318 e. The first-order chi connectivity index (χ1) is 12.3. The fraction of sp³-hybridized carbons (Fsp3) is 0.333. The van der Waals surface area contributed by atoms with E-state index in [9.17, 15) is 9.59 Å². The average molecular weight is 369 g/mol. The normalized spacial score (nSPS) is 17.4. The maximum Gasteiger partial charge on any atom is 0.293 e. The van der Waals surface area contributed by atoms with Gasteiger partial charge in [0.15, 0.2) is 0 Å². The predicted molar refractivity (Wildman–Crippen MR) is 108 cm³/mol. The van der Waals surface area contributed by atoms with Crippen LogP contribution in [-0.2, 0) is 4.79 Å². The number of imide groups is 1. The van der Waals surface area contributed by atoms with Crippen LogP contribution >= 0.6 is 11.8 Å². The van der Waals surface area contributed by atoms with E-state index in [4.69, 9.17) is 0 Å². The zero-order valence-corrected chi connectivity index (χ0v) is 16.7. The van der Waals surface area contributed by atoms with Crippen LogP contribution in [0, 0.1) is 20.8 Å².